The number of carbonyl (C=O) groups excluding carboxylic acids is 1. The Kier molecular flexibility index (Phi) is 4.92. The number of hydrogen-bond acceptors (Lipinski definition) is 3. The fraction of sp³-hybridized carbons (Fsp3) is 0.429. The normalized spacial score (nSPS) is 12.6. The highest BCUT2D eigenvalue weighted by atomic mass is 16.6. The van der Waals surface area contributed by atoms with Gasteiger partial charge in [-0.15, -0.1) is 0 Å². The fourth-order valence-electron chi connectivity index (χ4n) is 1.53. The third-order valence-corrected chi connectivity index (χ3v) is 2.35. The highest BCUT2D eigenvalue weighted by Gasteiger charge is 2.22. The van der Waals surface area contributed by atoms with Gasteiger partial charge < -0.3 is 15.2 Å². The fourth-order valence-corrected chi connectivity index (χ4v) is 1.53. The number of carboxylic acid groups (broad SMARTS) is 1. The van der Waals surface area contributed by atoms with Crippen molar-refractivity contribution in [2.24, 2.45) is 0 Å². The first kappa shape index (κ1) is 15.0. The van der Waals surface area contributed by atoms with Gasteiger partial charge in [0.05, 0.1) is 5.92 Å². The molecule has 1 amide bonds. The number of rotatable bonds is 4. The topological polar surface area (TPSA) is 75.6 Å². The first-order chi connectivity index (χ1) is 8.79. The predicted molar refractivity (Wildman–Crippen MR) is 71.1 cm³/mol. The van der Waals surface area contributed by atoms with Crippen molar-refractivity contribution >= 4 is 12.1 Å². The molecule has 0 heterocycles. The second-order valence-corrected chi connectivity index (χ2v) is 5.18. The van der Waals surface area contributed by atoms with Crippen LogP contribution in [0.4, 0.5) is 4.79 Å². The third kappa shape index (κ3) is 5.42. The monoisotopic (exact) mass is 265 g/mol. The number of nitrogens with one attached hydrogen (secondary N) is 1. The first-order valence-electron chi connectivity index (χ1n) is 6.04. The Balaban J connectivity index is 2.62. The van der Waals surface area contributed by atoms with Crippen LogP contribution in [0.25, 0.3) is 0 Å². The largest absolute Gasteiger partial charge is 0.481 e. The van der Waals surface area contributed by atoms with Crippen molar-refractivity contribution < 1.29 is 19.4 Å². The van der Waals surface area contributed by atoms with E-state index >= 15 is 0 Å². The molecule has 0 saturated carbocycles. The van der Waals surface area contributed by atoms with E-state index in [2.05, 4.69) is 5.32 Å². The number of amides is 1. The van der Waals surface area contributed by atoms with E-state index in [0.29, 0.717) is 5.56 Å². The summed E-state index contributed by atoms with van der Waals surface area (Å²) < 4.78 is 5.06. The van der Waals surface area contributed by atoms with Gasteiger partial charge in [0.2, 0.25) is 0 Å². The van der Waals surface area contributed by atoms with Gasteiger partial charge in [0.15, 0.2) is 0 Å². The van der Waals surface area contributed by atoms with Crippen LogP contribution in [0.2, 0.25) is 0 Å². The molecule has 0 fully saturated rings. The Morgan fingerprint density at radius 2 is 1.84 bits per heavy atom. The van der Waals surface area contributed by atoms with E-state index in [1.165, 1.54) is 0 Å². The lowest BCUT2D eigenvalue weighted by Crippen LogP contribution is -2.36. The predicted octanol–water partition coefficient (Wildman–Crippen LogP) is 2.38. The number of carbonyl (C=O) groups is 2. The van der Waals surface area contributed by atoms with Gasteiger partial charge in [0.25, 0.3) is 0 Å². The molecule has 0 saturated heterocycles. The van der Waals surface area contributed by atoms with Crippen LogP contribution >= 0.6 is 0 Å². The number of ether oxygens (including phenoxy) is 1. The quantitative estimate of drug-likeness (QED) is 0.876. The Labute approximate surface area is 112 Å². The SMILES string of the molecule is CC(C)(C)OC(=O)NCC(C(=O)O)c1ccccc1. The number of hydrogen-bond donors (Lipinski definition) is 2. The Bertz CT molecular complexity index is 437. The molecule has 0 aliphatic heterocycles. The molecule has 1 aromatic rings. The van der Waals surface area contributed by atoms with Crippen LogP contribution in [0.1, 0.15) is 32.3 Å². The second-order valence-electron chi connectivity index (χ2n) is 5.18. The minimum atomic E-state index is -0.984. The Morgan fingerprint density at radius 1 is 1.26 bits per heavy atom. The molecule has 2 N–H and O–H groups in total. The van der Waals surface area contributed by atoms with E-state index in [9.17, 15) is 14.7 Å². The van der Waals surface area contributed by atoms with Crippen molar-refractivity contribution in [1.82, 2.24) is 5.32 Å². The molecule has 5 heteroatoms. The van der Waals surface area contributed by atoms with Crippen molar-refractivity contribution in [3.05, 3.63) is 35.9 Å². The summed E-state index contributed by atoms with van der Waals surface area (Å²) in [5.74, 6) is -1.77. The van der Waals surface area contributed by atoms with Crippen LogP contribution < -0.4 is 5.32 Å². The molecule has 1 rings (SSSR count). The zero-order valence-corrected chi connectivity index (χ0v) is 11.3. The van der Waals surface area contributed by atoms with Gasteiger partial charge in [-0.1, -0.05) is 30.3 Å². The molecule has 104 valence electrons. The van der Waals surface area contributed by atoms with Crippen molar-refractivity contribution in [3.63, 3.8) is 0 Å². The lowest BCUT2D eigenvalue weighted by molar-refractivity contribution is -0.138. The van der Waals surface area contributed by atoms with E-state index in [0.717, 1.165) is 0 Å². The van der Waals surface area contributed by atoms with Crippen LogP contribution in [0.5, 0.6) is 0 Å². The average molecular weight is 265 g/mol. The number of benzene rings is 1. The maximum absolute atomic E-state index is 11.5. The molecule has 0 aliphatic carbocycles. The van der Waals surface area contributed by atoms with Gasteiger partial charge in [0, 0.05) is 6.54 Å². The van der Waals surface area contributed by atoms with Crippen LogP contribution in [-0.4, -0.2) is 29.3 Å². The maximum Gasteiger partial charge on any atom is 0.407 e. The molecule has 0 radical (unpaired) electrons. The zero-order valence-electron chi connectivity index (χ0n) is 11.3. The summed E-state index contributed by atoms with van der Waals surface area (Å²) in [7, 11) is 0. The summed E-state index contributed by atoms with van der Waals surface area (Å²) in [6.07, 6.45) is -0.616. The van der Waals surface area contributed by atoms with Gasteiger partial charge in [-0.2, -0.15) is 0 Å². The molecule has 0 spiro atoms. The minimum absolute atomic E-state index is 0.00569. The van der Waals surface area contributed by atoms with Crippen molar-refractivity contribution in [1.29, 1.82) is 0 Å². The highest BCUT2D eigenvalue weighted by molar-refractivity contribution is 5.77. The number of alkyl carbamates (subject to hydrolysis) is 1. The number of aliphatic carboxylic acids is 1. The van der Waals surface area contributed by atoms with Crippen LogP contribution in [0, 0.1) is 0 Å². The molecule has 1 unspecified atom stereocenters. The summed E-state index contributed by atoms with van der Waals surface area (Å²) in [6, 6.07) is 8.77. The number of carboxylic acids is 1. The summed E-state index contributed by atoms with van der Waals surface area (Å²) in [4.78, 5) is 22.7. The van der Waals surface area contributed by atoms with Crippen LogP contribution in [-0.2, 0) is 9.53 Å². The molecule has 0 bridgehead atoms. The molecular weight excluding hydrogens is 246 g/mol. The molecule has 0 aliphatic rings. The summed E-state index contributed by atoms with van der Waals surface area (Å²) in [6.45, 7) is 5.24. The van der Waals surface area contributed by atoms with E-state index in [1.807, 2.05) is 6.07 Å². The second kappa shape index (κ2) is 6.22. The summed E-state index contributed by atoms with van der Waals surface area (Å²) in [5, 5.41) is 11.7. The van der Waals surface area contributed by atoms with Crippen molar-refractivity contribution in [2.75, 3.05) is 6.54 Å². The lowest BCUT2D eigenvalue weighted by Gasteiger charge is -2.21. The van der Waals surface area contributed by atoms with Crippen molar-refractivity contribution in [3.8, 4) is 0 Å². The maximum atomic E-state index is 11.5. The lowest BCUT2D eigenvalue weighted by atomic mass is 9.99. The van der Waals surface area contributed by atoms with Gasteiger partial charge in [-0.3, -0.25) is 4.79 Å². The average Bonchev–Trinajstić information content (AvgIpc) is 2.27. The smallest absolute Gasteiger partial charge is 0.407 e. The zero-order chi connectivity index (χ0) is 14.5. The van der Waals surface area contributed by atoms with Gasteiger partial charge in [0.1, 0.15) is 5.60 Å². The standard InChI is InChI=1S/C14H19NO4/c1-14(2,3)19-13(18)15-9-11(12(16)17)10-7-5-4-6-8-10/h4-8,11H,9H2,1-3H3,(H,15,18)(H,16,17). The van der Waals surface area contributed by atoms with Gasteiger partial charge in [-0.05, 0) is 26.3 Å². The minimum Gasteiger partial charge on any atom is -0.481 e. The van der Waals surface area contributed by atoms with E-state index in [-0.39, 0.29) is 6.54 Å². The van der Waals surface area contributed by atoms with E-state index in [4.69, 9.17) is 4.74 Å². The van der Waals surface area contributed by atoms with E-state index < -0.39 is 23.6 Å². The first-order valence-corrected chi connectivity index (χ1v) is 6.04. The van der Waals surface area contributed by atoms with Gasteiger partial charge >= 0.3 is 12.1 Å². The summed E-state index contributed by atoms with van der Waals surface area (Å²) >= 11 is 0. The van der Waals surface area contributed by atoms with Crippen LogP contribution in [0.3, 0.4) is 0 Å². The Morgan fingerprint density at radius 3 is 2.32 bits per heavy atom. The molecular formula is C14H19NO4. The molecule has 0 aromatic heterocycles. The van der Waals surface area contributed by atoms with Crippen molar-refractivity contribution in [2.45, 2.75) is 32.3 Å². The highest BCUT2D eigenvalue weighted by Crippen LogP contribution is 2.15. The third-order valence-electron chi connectivity index (χ3n) is 2.35. The molecule has 19 heavy (non-hydrogen) atoms. The van der Waals surface area contributed by atoms with E-state index in [1.54, 1.807) is 45.0 Å². The van der Waals surface area contributed by atoms with Gasteiger partial charge in [-0.25, -0.2) is 4.79 Å². The summed E-state index contributed by atoms with van der Waals surface area (Å²) in [5.41, 5.74) is 0.0429. The molecule has 1 atom stereocenters. The molecule has 5 nitrogen and oxygen atoms in total. The molecule has 1 aromatic carbocycles. The van der Waals surface area contributed by atoms with Crippen LogP contribution in [0.15, 0.2) is 30.3 Å². The Hall–Kier alpha value is -2.04.